The smallest absolute Gasteiger partial charge is 0.266 e. The number of nitrogens with one attached hydrogen (secondary N) is 1. The van der Waals surface area contributed by atoms with Crippen molar-refractivity contribution in [2.75, 3.05) is 24.5 Å². The standard InChI is InChI=1S/C27H33N3O4S3/c1-3-5-16-29(17-6-4-2)23-14-12-21(13-15-23)18-24-26(32)30(27(35)36-24)19-25(31)28-37(33,34)20-22-10-8-7-9-11-22/h7-15,18H,3-6,16-17,19-20H2,1-2H3,(H,28,31)/b24-18-. The van der Waals surface area contributed by atoms with Crippen molar-refractivity contribution in [3.05, 3.63) is 70.6 Å². The molecule has 0 saturated carbocycles. The summed E-state index contributed by atoms with van der Waals surface area (Å²) in [6, 6.07) is 16.6. The van der Waals surface area contributed by atoms with Crippen molar-refractivity contribution in [3.63, 3.8) is 0 Å². The summed E-state index contributed by atoms with van der Waals surface area (Å²) < 4.78 is 27.0. The molecule has 37 heavy (non-hydrogen) atoms. The van der Waals surface area contributed by atoms with Gasteiger partial charge < -0.3 is 4.90 Å². The van der Waals surface area contributed by atoms with E-state index < -0.39 is 28.4 Å². The average Bonchev–Trinajstić information content (AvgIpc) is 3.12. The summed E-state index contributed by atoms with van der Waals surface area (Å²) in [5.41, 5.74) is 2.56. The first kappa shape index (κ1) is 28.9. The molecule has 10 heteroatoms. The van der Waals surface area contributed by atoms with Gasteiger partial charge in [0.15, 0.2) is 0 Å². The Bertz CT molecular complexity index is 1220. The van der Waals surface area contributed by atoms with E-state index in [1.165, 1.54) is 0 Å². The molecule has 7 nitrogen and oxygen atoms in total. The Kier molecular flexibility index (Phi) is 10.7. The normalized spacial score (nSPS) is 14.9. The van der Waals surface area contributed by atoms with Gasteiger partial charge in [-0.2, -0.15) is 0 Å². The Morgan fingerprint density at radius 3 is 2.24 bits per heavy atom. The highest BCUT2D eigenvalue weighted by Crippen LogP contribution is 2.32. The molecule has 1 fully saturated rings. The van der Waals surface area contributed by atoms with Gasteiger partial charge in [0, 0.05) is 18.8 Å². The van der Waals surface area contributed by atoms with Crippen LogP contribution in [0.15, 0.2) is 59.5 Å². The van der Waals surface area contributed by atoms with E-state index >= 15 is 0 Å². The molecule has 0 atom stereocenters. The average molecular weight is 560 g/mol. The van der Waals surface area contributed by atoms with Gasteiger partial charge in [-0.25, -0.2) is 8.42 Å². The molecule has 2 amide bonds. The number of nitrogens with zero attached hydrogens (tertiary/aromatic N) is 2. The van der Waals surface area contributed by atoms with Crippen LogP contribution in [-0.2, 0) is 25.4 Å². The third kappa shape index (κ3) is 8.69. The fourth-order valence-corrected chi connectivity index (χ4v) is 6.19. The van der Waals surface area contributed by atoms with E-state index in [4.69, 9.17) is 12.2 Å². The van der Waals surface area contributed by atoms with Crippen molar-refractivity contribution in [2.45, 2.75) is 45.3 Å². The first-order chi connectivity index (χ1) is 17.7. The van der Waals surface area contributed by atoms with Crippen molar-refractivity contribution in [1.29, 1.82) is 0 Å². The molecule has 1 heterocycles. The van der Waals surface area contributed by atoms with Crippen LogP contribution in [0.1, 0.15) is 50.7 Å². The number of unbranched alkanes of at least 4 members (excludes halogenated alkanes) is 2. The number of hydrogen-bond donors (Lipinski definition) is 1. The molecule has 0 spiro atoms. The predicted molar refractivity (Wildman–Crippen MR) is 156 cm³/mol. The molecule has 2 aromatic carbocycles. The Morgan fingerprint density at radius 1 is 1.03 bits per heavy atom. The zero-order valence-corrected chi connectivity index (χ0v) is 23.6. The number of rotatable bonds is 13. The van der Waals surface area contributed by atoms with Gasteiger partial charge in [0.2, 0.25) is 10.0 Å². The number of amides is 2. The molecular weight excluding hydrogens is 527 g/mol. The highest BCUT2D eigenvalue weighted by molar-refractivity contribution is 8.26. The highest BCUT2D eigenvalue weighted by atomic mass is 32.2. The van der Waals surface area contributed by atoms with Crippen LogP contribution < -0.4 is 9.62 Å². The monoisotopic (exact) mass is 559 g/mol. The molecule has 3 rings (SSSR count). The van der Waals surface area contributed by atoms with Crippen molar-refractivity contribution in [2.24, 2.45) is 0 Å². The Balaban J connectivity index is 1.63. The van der Waals surface area contributed by atoms with Gasteiger partial charge in [0.1, 0.15) is 10.9 Å². The van der Waals surface area contributed by atoms with Gasteiger partial charge in [0.25, 0.3) is 11.8 Å². The molecule has 0 aliphatic carbocycles. The van der Waals surface area contributed by atoms with E-state index in [1.54, 1.807) is 36.4 Å². The van der Waals surface area contributed by atoms with Crippen LogP contribution in [-0.4, -0.2) is 49.1 Å². The molecule has 1 aliphatic rings. The molecule has 0 aromatic heterocycles. The van der Waals surface area contributed by atoms with E-state index in [1.807, 2.05) is 16.9 Å². The second kappa shape index (κ2) is 13.7. The minimum atomic E-state index is -3.90. The van der Waals surface area contributed by atoms with Gasteiger partial charge in [-0.05, 0) is 42.2 Å². The number of carbonyl (C=O) groups excluding carboxylic acids is 2. The topological polar surface area (TPSA) is 86.8 Å². The van der Waals surface area contributed by atoms with Gasteiger partial charge in [-0.1, -0.05) is 93.1 Å². The number of carbonyl (C=O) groups is 2. The van der Waals surface area contributed by atoms with Crippen LogP contribution in [0.25, 0.3) is 6.08 Å². The van der Waals surface area contributed by atoms with Crippen LogP contribution in [0.3, 0.4) is 0 Å². The molecule has 198 valence electrons. The molecule has 1 saturated heterocycles. The van der Waals surface area contributed by atoms with E-state index in [-0.39, 0.29) is 10.1 Å². The second-order valence-corrected chi connectivity index (χ2v) is 12.2. The first-order valence-electron chi connectivity index (χ1n) is 12.4. The van der Waals surface area contributed by atoms with Gasteiger partial charge >= 0.3 is 0 Å². The summed E-state index contributed by atoms with van der Waals surface area (Å²) in [5, 5.41) is 0. The van der Waals surface area contributed by atoms with Gasteiger partial charge in [-0.3, -0.25) is 19.2 Å². The quantitative estimate of drug-likeness (QED) is 0.275. The maximum Gasteiger partial charge on any atom is 0.266 e. The lowest BCUT2D eigenvalue weighted by Gasteiger charge is -2.24. The number of anilines is 1. The number of sulfonamides is 1. The molecule has 2 aromatic rings. The molecule has 1 aliphatic heterocycles. The lowest BCUT2D eigenvalue weighted by atomic mass is 10.1. The summed E-state index contributed by atoms with van der Waals surface area (Å²) in [5.74, 6) is -1.55. The molecular formula is C27H33N3O4S3. The summed E-state index contributed by atoms with van der Waals surface area (Å²) in [4.78, 5) is 29.3. The zero-order valence-electron chi connectivity index (χ0n) is 21.2. The molecule has 0 radical (unpaired) electrons. The maximum absolute atomic E-state index is 12.9. The summed E-state index contributed by atoms with van der Waals surface area (Å²) in [6.45, 7) is 5.93. The lowest BCUT2D eigenvalue weighted by molar-refractivity contribution is -0.127. The van der Waals surface area contributed by atoms with Gasteiger partial charge in [0.05, 0.1) is 10.7 Å². The molecule has 1 N–H and O–H groups in total. The number of hydrogen-bond acceptors (Lipinski definition) is 7. The minimum absolute atomic E-state index is 0.216. The van der Waals surface area contributed by atoms with E-state index in [0.717, 1.165) is 66.7 Å². The van der Waals surface area contributed by atoms with E-state index in [9.17, 15) is 18.0 Å². The van der Waals surface area contributed by atoms with Crippen LogP contribution >= 0.6 is 24.0 Å². The van der Waals surface area contributed by atoms with Crippen molar-refractivity contribution >= 4 is 61.9 Å². The fraction of sp³-hybridized carbons (Fsp3) is 0.370. The largest absolute Gasteiger partial charge is 0.372 e. The summed E-state index contributed by atoms with van der Waals surface area (Å²) in [7, 11) is -3.90. The number of thioether (sulfide) groups is 1. The van der Waals surface area contributed by atoms with Crippen molar-refractivity contribution in [3.8, 4) is 0 Å². The third-order valence-electron chi connectivity index (χ3n) is 5.76. The lowest BCUT2D eigenvalue weighted by Crippen LogP contribution is -2.42. The number of thiocarbonyl (C=S) groups is 1. The predicted octanol–water partition coefficient (Wildman–Crippen LogP) is 4.94. The van der Waals surface area contributed by atoms with Crippen molar-refractivity contribution < 1.29 is 18.0 Å². The van der Waals surface area contributed by atoms with Crippen LogP contribution in [0.4, 0.5) is 5.69 Å². The fourth-order valence-electron chi connectivity index (χ4n) is 3.82. The van der Waals surface area contributed by atoms with E-state index in [0.29, 0.717) is 10.5 Å². The zero-order chi connectivity index (χ0) is 26.8. The Labute approximate surface area is 229 Å². The third-order valence-corrected chi connectivity index (χ3v) is 8.39. The molecule has 0 bridgehead atoms. The molecule has 0 unspecified atom stereocenters. The van der Waals surface area contributed by atoms with Crippen LogP contribution in [0, 0.1) is 0 Å². The summed E-state index contributed by atoms with van der Waals surface area (Å²) >= 11 is 6.40. The maximum atomic E-state index is 12.9. The Hall–Kier alpha value is -2.69. The summed E-state index contributed by atoms with van der Waals surface area (Å²) in [6.07, 6.45) is 6.29. The second-order valence-electron chi connectivity index (χ2n) is 8.82. The van der Waals surface area contributed by atoms with Gasteiger partial charge in [-0.15, -0.1) is 0 Å². The number of benzene rings is 2. The first-order valence-corrected chi connectivity index (χ1v) is 15.3. The highest BCUT2D eigenvalue weighted by Gasteiger charge is 2.34. The minimum Gasteiger partial charge on any atom is -0.372 e. The van der Waals surface area contributed by atoms with Crippen molar-refractivity contribution in [1.82, 2.24) is 9.62 Å². The SMILES string of the molecule is CCCCN(CCCC)c1ccc(/C=C2\SC(=S)N(CC(=O)NS(=O)(=O)Cc3ccccc3)C2=O)cc1. The van der Waals surface area contributed by atoms with E-state index in [2.05, 4.69) is 30.9 Å². The van der Waals surface area contributed by atoms with Crippen LogP contribution in [0.2, 0.25) is 0 Å². The Morgan fingerprint density at radius 2 is 1.65 bits per heavy atom. The van der Waals surface area contributed by atoms with Crippen LogP contribution in [0.5, 0.6) is 0 Å².